The van der Waals surface area contributed by atoms with E-state index in [1.807, 2.05) is 27.7 Å². The van der Waals surface area contributed by atoms with Crippen LogP contribution in [0, 0.1) is 6.92 Å². The lowest BCUT2D eigenvalue weighted by molar-refractivity contribution is -0.115. The van der Waals surface area contributed by atoms with Crippen molar-refractivity contribution in [1.29, 1.82) is 0 Å². The Hall–Kier alpha value is -2.39. The number of ether oxygens (including phenoxy) is 1. The molecule has 6 nitrogen and oxygen atoms in total. The van der Waals surface area contributed by atoms with Crippen LogP contribution in [0.15, 0.2) is 18.2 Å². The second kappa shape index (κ2) is 7.88. The zero-order valence-electron chi connectivity index (χ0n) is 18.7. The van der Waals surface area contributed by atoms with Crippen LogP contribution in [-0.4, -0.2) is 55.0 Å². The van der Waals surface area contributed by atoms with Gasteiger partial charge >= 0.3 is 6.18 Å². The fourth-order valence-electron chi connectivity index (χ4n) is 4.24. The number of benzene rings is 1. The first-order valence-corrected chi connectivity index (χ1v) is 10.8. The molecule has 1 aliphatic heterocycles. The maximum absolute atomic E-state index is 13.0. The summed E-state index contributed by atoms with van der Waals surface area (Å²) in [5.41, 5.74) is 2.31. The van der Waals surface area contributed by atoms with Crippen molar-refractivity contribution in [3.05, 3.63) is 35.0 Å². The van der Waals surface area contributed by atoms with E-state index in [-0.39, 0.29) is 22.9 Å². The number of rotatable bonds is 4. The van der Waals surface area contributed by atoms with Crippen LogP contribution in [0.2, 0.25) is 0 Å². The first kappa shape index (κ1) is 22.8. The van der Waals surface area contributed by atoms with E-state index in [2.05, 4.69) is 20.9 Å². The van der Waals surface area contributed by atoms with E-state index in [9.17, 15) is 18.0 Å². The Labute approximate surface area is 185 Å². The quantitative estimate of drug-likeness (QED) is 0.663. The summed E-state index contributed by atoms with van der Waals surface area (Å²) in [5, 5.41) is 9.67. The average molecular weight is 451 g/mol. The number of morpholine rings is 1. The van der Waals surface area contributed by atoms with Gasteiger partial charge in [0, 0.05) is 17.6 Å². The van der Waals surface area contributed by atoms with Gasteiger partial charge in [0.15, 0.2) is 0 Å². The Kier molecular flexibility index (Phi) is 5.61. The number of anilines is 1. The van der Waals surface area contributed by atoms with Gasteiger partial charge in [-0.2, -0.15) is 13.2 Å². The molecule has 1 saturated carbocycles. The first-order chi connectivity index (χ1) is 14.9. The van der Waals surface area contributed by atoms with E-state index in [4.69, 9.17) is 4.74 Å². The van der Waals surface area contributed by atoms with Crippen molar-refractivity contribution in [2.24, 2.45) is 0 Å². The molecule has 1 amide bonds. The number of halogens is 3. The van der Waals surface area contributed by atoms with Crippen LogP contribution in [-0.2, 0) is 10.2 Å². The summed E-state index contributed by atoms with van der Waals surface area (Å²) in [6, 6.07) is 5.04. The molecule has 2 aromatic rings. The van der Waals surface area contributed by atoms with E-state index >= 15 is 0 Å². The summed E-state index contributed by atoms with van der Waals surface area (Å²) < 4.78 is 43.7. The summed E-state index contributed by atoms with van der Waals surface area (Å²) in [4.78, 5) is 17.6. The van der Waals surface area contributed by atoms with Crippen molar-refractivity contribution < 1.29 is 22.7 Å². The van der Waals surface area contributed by atoms with E-state index in [0.717, 1.165) is 29.5 Å². The number of aromatic nitrogens is 1. The Balaban J connectivity index is 1.65. The zero-order chi connectivity index (χ0) is 23.3. The van der Waals surface area contributed by atoms with Crippen LogP contribution in [0.1, 0.15) is 48.8 Å². The van der Waals surface area contributed by atoms with Crippen LogP contribution < -0.4 is 16.0 Å². The molecule has 2 heterocycles. The van der Waals surface area contributed by atoms with Gasteiger partial charge in [0.1, 0.15) is 12.2 Å². The highest BCUT2D eigenvalue weighted by Gasteiger charge is 2.56. The van der Waals surface area contributed by atoms with Gasteiger partial charge in [-0.15, -0.1) is 0 Å². The zero-order valence-corrected chi connectivity index (χ0v) is 18.7. The molecule has 32 heavy (non-hydrogen) atoms. The summed E-state index contributed by atoms with van der Waals surface area (Å²) in [7, 11) is 0. The Morgan fingerprint density at radius 1 is 1.28 bits per heavy atom. The number of alkyl halides is 3. The van der Waals surface area contributed by atoms with Gasteiger partial charge in [0.2, 0.25) is 0 Å². The second-order valence-corrected chi connectivity index (χ2v) is 9.83. The highest BCUT2D eigenvalue weighted by molar-refractivity contribution is 5.98. The van der Waals surface area contributed by atoms with E-state index in [0.29, 0.717) is 30.1 Å². The molecule has 0 bridgehead atoms. The third kappa shape index (κ3) is 4.68. The van der Waals surface area contributed by atoms with E-state index in [1.165, 1.54) is 0 Å². The molecule has 2 aliphatic rings. The third-order valence-corrected chi connectivity index (χ3v) is 6.12. The minimum absolute atomic E-state index is 0.0101. The first-order valence-electron chi connectivity index (χ1n) is 10.8. The fraction of sp³-hybridized carbons (Fsp3) is 0.565. The van der Waals surface area contributed by atoms with Gasteiger partial charge < -0.3 is 20.7 Å². The molecule has 2 fully saturated rings. The van der Waals surface area contributed by atoms with Crippen molar-refractivity contribution in [1.82, 2.24) is 15.6 Å². The smallest absolute Gasteiger partial charge is 0.378 e. The number of carbonyl (C=O) groups excluding carboxylic acids is 1. The molecule has 9 heteroatoms. The molecule has 0 radical (unpaired) electrons. The monoisotopic (exact) mass is 450 g/mol. The van der Waals surface area contributed by atoms with Crippen molar-refractivity contribution >= 4 is 22.5 Å². The minimum atomic E-state index is -4.31. The van der Waals surface area contributed by atoms with Crippen LogP contribution in [0.5, 0.6) is 0 Å². The summed E-state index contributed by atoms with van der Waals surface area (Å²) in [6.45, 7) is 8.66. The van der Waals surface area contributed by atoms with Crippen molar-refractivity contribution in [2.75, 3.05) is 31.6 Å². The number of hydrogen-bond acceptors (Lipinski definition) is 5. The van der Waals surface area contributed by atoms with Gasteiger partial charge in [-0.3, -0.25) is 4.79 Å². The summed E-state index contributed by atoms with van der Waals surface area (Å²) in [6.07, 6.45) is -3.50. The fourth-order valence-corrected chi connectivity index (χ4v) is 4.24. The van der Waals surface area contributed by atoms with Gasteiger partial charge in [-0.25, -0.2) is 4.98 Å². The number of fused-ring (bicyclic) bond motifs is 1. The Bertz CT molecular complexity index is 1040. The maximum Gasteiger partial charge on any atom is 0.405 e. The predicted molar refractivity (Wildman–Crippen MR) is 117 cm³/mol. The second-order valence-electron chi connectivity index (χ2n) is 9.83. The molecular formula is C23H29F3N4O2. The Morgan fingerprint density at radius 3 is 2.66 bits per heavy atom. The van der Waals surface area contributed by atoms with Crippen LogP contribution in [0.4, 0.5) is 18.9 Å². The number of carbonyl (C=O) groups is 1. The maximum atomic E-state index is 13.0. The topological polar surface area (TPSA) is 75.3 Å². The number of pyridine rings is 1. The SMILES string of the molecule is Cc1cc(C(=O)N[C@H]2CC23COCCN3)nc2c(C(C)(C)C)cc(NCC(F)(F)F)cc12. The van der Waals surface area contributed by atoms with Crippen LogP contribution >= 0.6 is 0 Å². The molecule has 1 unspecified atom stereocenters. The van der Waals surface area contributed by atoms with Crippen LogP contribution in [0.3, 0.4) is 0 Å². The van der Waals surface area contributed by atoms with Crippen molar-refractivity contribution in [2.45, 2.75) is 57.3 Å². The minimum Gasteiger partial charge on any atom is -0.378 e. The lowest BCUT2D eigenvalue weighted by Crippen LogP contribution is -2.49. The molecule has 1 aliphatic carbocycles. The number of aryl methyl sites for hydroxylation is 1. The molecule has 174 valence electrons. The number of amides is 1. The molecule has 3 N–H and O–H groups in total. The summed E-state index contributed by atoms with van der Waals surface area (Å²) >= 11 is 0. The number of nitrogens with one attached hydrogen (secondary N) is 3. The van der Waals surface area contributed by atoms with Crippen molar-refractivity contribution in [3.63, 3.8) is 0 Å². The highest BCUT2D eigenvalue weighted by atomic mass is 19.4. The molecular weight excluding hydrogens is 421 g/mol. The number of nitrogens with zero attached hydrogens (tertiary/aromatic N) is 1. The van der Waals surface area contributed by atoms with Gasteiger partial charge in [0.05, 0.1) is 30.3 Å². The molecule has 1 aromatic heterocycles. The van der Waals surface area contributed by atoms with Crippen molar-refractivity contribution in [3.8, 4) is 0 Å². The summed E-state index contributed by atoms with van der Waals surface area (Å²) in [5.74, 6) is -0.261. The molecule has 1 spiro atoms. The number of hydrogen-bond donors (Lipinski definition) is 3. The molecule has 2 atom stereocenters. The molecule has 4 rings (SSSR count). The standard InChI is InChI=1S/C23H29F3N4O2/c1-13-7-17(20(31)30-18-10-22(18)12-32-6-5-28-22)29-19-15(13)8-14(27-11-23(24,25)26)9-16(19)21(2,3)4/h7-9,18,27-28H,5-6,10-12H2,1-4H3,(H,30,31)/t18-,22?/m0/s1. The van der Waals surface area contributed by atoms with Gasteiger partial charge in [-0.05, 0) is 48.1 Å². The molecule has 1 saturated heterocycles. The third-order valence-electron chi connectivity index (χ3n) is 6.12. The normalized spacial score (nSPS) is 23.4. The lowest BCUT2D eigenvalue weighted by atomic mass is 9.84. The molecule has 1 aromatic carbocycles. The Morgan fingerprint density at radius 2 is 2.03 bits per heavy atom. The average Bonchev–Trinajstić information content (AvgIpc) is 3.35. The predicted octanol–water partition coefficient (Wildman–Crippen LogP) is 3.68. The lowest BCUT2D eigenvalue weighted by Gasteiger charge is -2.25. The van der Waals surface area contributed by atoms with Gasteiger partial charge in [-0.1, -0.05) is 20.8 Å². The van der Waals surface area contributed by atoms with Crippen LogP contribution in [0.25, 0.3) is 10.9 Å². The highest BCUT2D eigenvalue weighted by Crippen LogP contribution is 2.38. The van der Waals surface area contributed by atoms with Gasteiger partial charge in [0.25, 0.3) is 5.91 Å². The van der Waals surface area contributed by atoms with E-state index in [1.54, 1.807) is 18.2 Å². The largest absolute Gasteiger partial charge is 0.405 e. The van der Waals surface area contributed by atoms with E-state index < -0.39 is 12.7 Å².